The monoisotopic (exact) mass is 384 g/mol. The first-order valence-electron chi connectivity index (χ1n) is 8.09. The first-order valence-corrected chi connectivity index (χ1v) is 9.53. The maximum Gasteiger partial charge on any atom is 0.264 e. The van der Waals surface area contributed by atoms with Gasteiger partial charge in [0.25, 0.3) is 15.9 Å². The number of hydrogen-bond acceptors (Lipinski definition) is 3. The van der Waals surface area contributed by atoms with Crippen molar-refractivity contribution in [3.63, 3.8) is 0 Å². The Morgan fingerprint density at radius 2 is 1.48 bits per heavy atom. The SMILES string of the molecule is CN(c1ccccc1)S(=O)(=O)c1ccc(C(=O)Nc2ccc(F)cc2)cc1. The molecule has 0 aliphatic carbocycles. The van der Waals surface area contributed by atoms with E-state index in [0.29, 0.717) is 16.9 Å². The largest absolute Gasteiger partial charge is 0.322 e. The van der Waals surface area contributed by atoms with Crippen molar-refractivity contribution < 1.29 is 17.6 Å². The van der Waals surface area contributed by atoms with Gasteiger partial charge < -0.3 is 5.32 Å². The van der Waals surface area contributed by atoms with E-state index in [-0.39, 0.29) is 4.90 Å². The lowest BCUT2D eigenvalue weighted by molar-refractivity contribution is 0.102. The van der Waals surface area contributed by atoms with Gasteiger partial charge in [-0.25, -0.2) is 12.8 Å². The van der Waals surface area contributed by atoms with E-state index in [2.05, 4.69) is 5.32 Å². The van der Waals surface area contributed by atoms with Crippen molar-refractivity contribution in [2.24, 2.45) is 0 Å². The van der Waals surface area contributed by atoms with Gasteiger partial charge in [-0.05, 0) is 60.7 Å². The summed E-state index contributed by atoms with van der Waals surface area (Å²) in [5, 5.41) is 2.63. The number of carbonyl (C=O) groups excluding carboxylic acids is 1. The molecule has 1 N–H and O–H groups in total. The van der Waals surface area contributed by atoms with Crippen LogP contribution >= 0.6 is 0 Å². The van der Waals surface area contributed by atoms with Crippen LogP contribution in [-0.2, 0) is 10.0 Å². The fraction of sp³-hybridized carbons (Fsp3) is 0.0500. The van der Waals surface area contributed by atoms with Crippen molar-refractivity contribution >= 4 is 27.3 Å². The number of carbonyl (C=O) groups is 1. The Labute approximate surface area is 157 Å². The third-order valence-electron chi connectivity index (χ3n) is 4.00. The van der Waals surface area contributed by atoms with Crippen LogP contribution in [-0.4, -0.2) is 21.4 Å². The number of benzene rings is 3. The molecule has 0 heterocycles. The summed E-state index contributed by atoms with van der Waals surface area (Å²) in [7, 11) is -2.27. The Kier molecular flexibility index (Phi) is 5.23. The molecule has 0 saturated heterocycles. The van der Waals surface area contributed by atoms with Gasteiger partial charge >= 0.3 is 0 Å². The number of rotatable bonds is 5. The molecule has 3 aromatic carbocycles. The van der Waals surface area contributed by atoms with Gasteiger partial charge in [-0.2, -0.15) is 0 Å². The topological polar surface area (TPSA) is 66.5 Å². The minimum absolute atomic E-state index is 0.0761. The molecule has 3 aromatic rings. The fourth-order valence-corrected chi connectivity index (χ4v) is 3.65. The second-order valence-electron chi connectivity index (χ2n) is 5.79. The van der Waals surface area contributed by atoms with Crippen LogP contribution < -0.4 is 9.62 Å². The van der Waals surface area contributed by atoms with Crippen LogP contribution in [0, 0.1) is 5.82 Å². The summed E-state index contributed by atoms with van der Waals surface area (Å²) < 4.78 is 39.6. The second kappa shape index (κ2) is 7.59. The van der Waals surface area contributed by atoms with E-state index in [1.807, 2.05) is 0 Å². The highest BCUT2D eigenvalue weighted by Crippen LogP contribution is 2.22. The molecule has 7 heteroatoms. The molecule has 0 aromatic heterocycles. The number of halogens is 1. The molecule has 0 fully saturated rings. The van der Waals surface area contributed by atoms with Crippen LogP contribution in [0.2, 0.25) is 0 Å². The van der Waals surface area contributed by atoms with Gasteiger partial charge in [0, 0.05) is 18.3 Å². The zero-order valence-electron chi connectivity index (χ0n) is 14.5. The predicted octanol–water partition coefficient (Wildman–Crippen LogP) is 3.90. The molecule has 0 bridgehead atoms. The fourth-order valence-electron chi connectivity index (χ4n) is 2.45. The van der Waals surface area contributed by atoms with Gasteiger partial charge in [0.1, 0.15) is 5.82 Å². The van der Waals surface area contributed by atoms with E-state index >= 15 is 0 Å². The van der Waals surface area contributed by atoms with Gasteiger partial charge in [-0.15, -0.1) is 0 Å². The number of sulfonamides is 1. The lowest BCUT2D eigenvalue weighted by Gasteiger charge is -2.19. The molecule has 1 amide bonds. The zero-order chi connectivity index (χ0) is 19.4. The number of nitrogens with zero attached hydrogens (tertiary/aromatic N) is 1. The highest BCUT2D eigenvalue weighted by Gasteiger charge is 2.21. The minimum Gasteiger partial charge on any atom is -0.322 e. The molecule has 3 rings (SSSR count). The highest BCUT2D eigenvalue weighted by molar-refractivity contribution is 7.92. The number of para-hydroxylation sites is 1. The van der Waals surface area contributed by atoms with E-state index in [9.17, 15) is 17.6 Å². The maximum atomic E-state index is 12.9. The summed E-state index contributed by atoms with van der Waals surface area (Å²) in [6.45, 7) is 0. The molecule has 5 nitrogen and oxygen atoms in total. The zero-order valence-corrected chi connectivity index (χ0v) is 15.3. The van der Waals surface area contributed by atoms with Crippen LogP contribution in [0.15, 0.2) is 83.8 Å². The molecular weight excluding hydrogens is 367 g/mol. The molecule has 27 heavy (non-hydrogen) atoms. The van der Waals surface area contributed by atoms with Crippen molar-refractivity contribution in [2.45, 2.75) is 4.90 Å². The quantitative estimate of drug-likeness (QED) is 0.725. The number of nitrogens with one attached hydrogen (secondary N) is 1. The standard InChI is InChI=1S/C20H17FN2O3S/c1-23(18-5-3-2-4-6-18)27(25,26)19-13-7-15(8-14-19)20(24)22-17-11-9-16(21)10-12-17/h2-14H,1H3,(H,22,24). The Morgan fingerprint density at radius 1 is 0.889 bits per heavy atom. The smallest absolute Gasteiger partial charge is 0.264 e. The first-order chi connectivity index (χ1) is 12.9. The van der Waals surface area contributed by atoms with Crippen molar-refractivity contribution in [3.05, 3.63) is 90.2 Å². The normalized spacial score (nSPS) is 11.0. The Morgan fingerprint density at radius 3 is 2.07 bits per heavy atom. The number of hydrogen-bond donors (Lipinski definition) is 1. The molecule has 0 aliphatic rings. The van der Waals surface area contributed by atoms with E-state index in [1.165, 1.54) is 59.9 Å². The van der Waals surface area contributed by atoms with Gasteiger partial charge in [-0.3, -0.25) is 9.10 Å². The van der Waals surface area contributed by atoms with Crippen LogP contribution in [0.3, 0.4) is 0 Å². The number of amides is 1. The van der Waals surface area contributed by atoms with E-state index in [1.54, 1.807) is 30.3 Å². The third-order valence-corrected chi connectivity index (χ3v) is 5.80. The summed E-state index contributed by atoms with van der Waals surface area (Å²) in [5.74, 6) is -0.813. The summed E-state index contributed by atoms with van der Waals surface area (Å²) in [4.78, 5) is 12.3. The van der Waals surface area contributed by atoms with Crippen LogP contribution in [0.4, 0.5) is 15.8 Å². The average Bonchev–Trinajstić information content (AvgIpc) is 2.70. The third kappa shape index (κ3) is 4.15. The molecular formula is C20H17FN2O3S. The summed E-state index contributed by atoms with van der Waals surface area (Å²) in [5.41, 5.74) is 1.28. The minimum atomic E-state index is -3.74. The van der Waals surface area contributed by atoms with Crippen molar-refractivity contribution in [2.75, 3.05) is 16.7 Å². The van der Waals surface area contributed by atoms with Crippen molar-refractivity contribution in [1.29, 1.82) is 0 Å². The molecule has 0 atom stereocenters. The summed E-state index contributed by atoms with van der Waals surface area (Å²) in [6.07, 6.45) is 0. The van der Waals surface area contributed by atoms with Gasteiger partial charge in [0.2, 0.25) is 0 Å². The Balaban J connectivity index is 1.78. The van der Waals surface area contributed by atoms with Gasteiger partial charge in [0.15, 0.2) is 0 Å². The second-order valence-corrected chi connectivity index (χ2v) is 7.76. The van der Waals surface area contributed by atoms with Gasteiger partial charge in [0.05, 0.1) is 10.6 Å². The Hall–Kier alpha value is -3.19. The molecule has 0 radical (unpaired) electrons. The lowest BCUT2D eigenvalue weighted by Crippen LogP contribution is -2.26. The molecule has 138 valence electrons. The molecule has 0 saturated carbocycles. The van der Waals surface area contributed by atoms with E-state index < -0.39 is 21.7 Å². The average molecular weight is 384 g/mol. The number of anilines is 2. The van der Waals surface area contributed by atoms with Crippen molar-refractivity contribution in [1.82, 2.24) is 0 Å². The van der Waals surface area contributed by atoms with Crippen LogP contribution in [0.25, 0.3) is 0 Å². The van der Waals surface area contributed by atoms with E-state index in [0.717, 1.165) is 0 Å². The predicted molar refractivity (Wildman–Crippen MR) is 103 cm³/mol. The highest BCUT2D eigenvalue weighted by atomic mass is 32.2. The first kappa shape index (κ1) is 18.6. The molecule has 0 unspecified atom stereocenters. The molecule has 0 aliphatic heterocycles. The summed E-state index contributed by atoms with van der Waals surface area (Å²) in [6, 6.07) is 19.7. The van der Waals surface area contributed by atoms with Crippen molar-refractivity contribution in [3.8, 4) is 0 Å². The van der Waals surface area contributed by atoms with E-state index in [4.69, 9.17) is 0 Å². The summed E-state index contributed by atoms with van der Waals surface area (Å²) >= 11 is 0. The maximum absolute atomic E-state index is 12.9. The van der Waals surface area contributed by atoms with Gasteiger partial charge in [-0.1, -0.05) is 18.2 Å². The van der Waals surface area contributed by atoms with Crippen LogP contribution in [0.5, 0.6) is 0 Å². The Bertz CT molecular complexity index is 1030. The van der Waals surface area contributed by atoms with Crippen LogP contribution in [0.1, 0.15) is 10.4 Å². The lowest BCUT2D eigenvalue weighted by atomic mass is 10.2. The molecule has 0 spiro atoms.